The normalized spacial score (nSPS) is 11.7. The molecule has 0 unspecified atom stereocenters. The van der Waals surface area contributed by atoms with Gasteiger partial charge in [0, 0.05) is 24.2 Å². The van der Waals surface area contributed by atoms with Crippen LogP contribution in [-0.2, 0) is 6.42 Å². The molecule has 0 atom stereocenters. The van der Waals surface area contributed by atoms with E-state index in [2.05, 4.69) is 32.6 Å². The summed E-state index contributed by atoms with van der Waals surface area (Å²) < 4.78 is 0. The molecule has 2 heterocycles. The Labute approximate surface area is 128 Å². The minimum absolute atomic E-state index is 0.0953. The van der Waals surface area contributed by atoms with Crippen LogP contribution in [0.25, 0.3) is 0 Å². The van der Waals surface area contributed by atoms with Crippen LogP contribution in [0.1, 0.15) is 21.8 Å². The largest absolute Gasteiger partial charge is 0.409 e. The minimum Gasteiger partial charge on any atom is -0.409 e. The van der Waals surface area contributed by atoms with Crippen molar-refractivity contribution in [1.82, 2.24) is 4.98 Å². The first-order valence-corrected chi connectivity index (χ1v) is 7.60. The molecule has 0 spiro atoms. The van der Waals surface area contributed by atoms with Crippen LogP contribution in [0.5, 0.6) is 0 Å². The van der Waals surface area contributed by atoms with Gasteiger partial charge in [0.2, 0.25) is 0 Å². The highest BCUT2D eigenvalue weighted by Gasteiger charge is 2.16. The number of oxime groups is 1. The summed E-state index contributed by atoms with van der Waals surface area (Å²) in [5.74, 6) is 0.0953. The zero-order valence-electron chi connectivity index (χ0n) is 12.5. The van der Waals surface area contributed by atoms with Gasteiger partial charge in [0.25, 0.3) is 0 Å². The molecule has 0 fully saturated rings. The monoisotopic (exact) mass is 304 g/mol. The molecular weight excluding hydrogens is 284 g/mol. The molecule has 0 aliphatic rings. The van der Waals surface area contributed by atoms with Gasteiger partial charge in [0.15, 0.2) is 5.84 Å². The topological polar surface area (TPSA) is 74.7 Å². The molecule has 112 valence electrons. The van der Waals surface area contributed by atoms with Crippen molar-refractivity contribution in [3.63, 3.8) is 0 Å². The number of thiophene rings is 1. The number of hydrogen-bond donors (Lipinski definition) is 2. The maximum absolute atomic E-state index is 8.99. The zero-order valence-corrected chi connectivity index (χ0v) is 13.3. The Morgan fingerprint density at radius 1 is 1.48 bits per heavy atom. The van der Waals surface area contributed by atoms with E-state index < -0.39 is 0 Å². The van der Waals surface area contributed by atoms with Gasteiger partial charge in [-0.2, -0.15) is 0 Å². The third-order valence-corrected chi connectivity index (χ3v) is 4.29. The number of hydrogen-bond acceptors (Lipinski definition) is 5. The second-order valence-electron chi connectivity index (χ2n) is 4.98. The SMILES string of the molecule is Cc1cc(N(C)CCc2cccs2)c(/C(N)=N/O)c(C)n1. The van der Waals surface area contributed by atoms with Crippen LogP contribution in [0.4, 0.5) is 5.69 Å². The first kappa shape index (κ1) is 15.3. The predicted molar refractivity (Wildman–Crippen MR) is 87.5 cm³/mol. The summed E-state index contributed by atoms with van der Waals surface area (Å²) >= 11 is 1.75. The van der Waals surface area contributed by atoms with Crippen LogP contribution in [0.15, 0.2) is 28.7 Å². The number of aryl methyl sites for hydroxylation is 2. The third-order valence-electron chi connectivity index (χ3n) is 3.36. The lowest BCUT2D eigenvalue weighted by atomic mass is 10.1. The maximum Gasteiger partial charge on any atom is 0.174 e. The number of nitrogens with two attached hydrogens (primary N) is 1. The molecule has 0 aromatic carbocycles. The third kappa shape index (κ3) is 3.52. The smallest absolute Gasteiger partial charge is 0.174 e. The lowest BCUT2D eigenvalue weighted by Gasteiger charge is -2.23. The second kappa shape index (κ2) is 6.58. The Kier molecular flexibility index (Phi) is 4.80. The van der Waals surface area contributed by atoms with Crippen LogP contribution < -0.4 is 10.6 Å². The van der Waals surface area contributed by atoms with Gasteiger partial charge >= 0.3 is 0 Å². The average Bonchev–Trinajstić information content (AvgIpc) is 2.96. The van der Waals surface area contributed by atoms with E-state index in [1.165, 1.54) is 4.88 Å². The standard InChI is InChI=1S/C15H20N4OS/c1-10-9-13(14(11(2)17-10)15(16)18-20)19(3)7-6-12-5-4-8-21-12/h4-5,8-9,20H,6-7H2,1-3H3,(H2,16,18). The van der Waals surface area contributed by atoms with Crippen LogP contribution in [-0.4, -0.2) is 29.6 Å². The van der Waals surface area contributed by atoms with Crippen molar-refractivity contribution in [3.8, 4) is 0 Å². The number of nitrogens with zero attached hydrogens (tertiary/aromatic N) is 3. The summed E-state index contributed by atoms with van der Waals surface area (Å²) in [5, 5.41) is 14.2. The van der Waals surface area contributed by atoms with Crippen LogP contribution in [0.3, 0.4) is 0 Å². The van der Waals surface area contributed by atoms with E-state index in [1.54, 1.807) is 11.3 Å². The van der Waals surface area contributed by atoms with Crippen molar-refractivity contribution >= 4 is 22.9 Å². The Bertz CT molecular complexity index is 637. The van der Waals surface area contributed by atoms with E-state index in [-0.39, 0.29) is 5.84 Å². The predicted octanol–water partition coefficient (Wildman–Crippen LogP) is 2.53. The summed E-state index contributed by atoms with van der Waals surface area (Å²) in [5.41, 5.74) is 9.12. The number of amidine groups is 1. The van der Waals surface area contributed by atoms with Gasteiger partial charge < -0.3 is 15.8 Å². The summed E-state index contributed by atoms with van der Waals surface area (Å²) in [6.45, 7) is 4.67. The highest BCUT2D eigenvalue weighted by Crippen LogP contribution is 2.23. The number of rotatable bonds is 5. The van der Waals surface area contributed by atoms with Gasteiger partial charge in [-0.1, -0.05) is 11.2 Å². The van der Waals surface area contributed by atoms with E-state index >= 15 is 0 Å². The Hall–Kier alpha value is -2.08. The molecule has 3 N–H and O–H groups in total. The molecule has 0 aliphatic heterocycles. The van der Waals surface area contributed by atoms with Crippen molar-refractivity contribution in [2.24, 2.45) is 10.9 Å². The minimum atomic E-state index is 0.0953. The maximum atomic E-state index is 8.99. The average molecular weight is 304 g/mol. The lowest BCUT2D eigenvalue weighted by Crippen LogP contribution is -2.26. The highest BCUT2D eigenvalue weighted by atomic mass is 32.1. The van der Waals surface area contributed by atoms with Gasteiger partial charge in [0.1, 0.15) is 0 Å². The molecule has 0 amide bonds. The molecular formula is C15H20N4OS. The van der Waals surface area contributed by atoms with E-state index in [0.717, 1.165) is 30.0 Å². The molecule has 0 bridgehead atoms. The molecule has 0 radical (unpaired) electrons. The van der Waals surface area contributed by atoms with Crippen LogP contribution in [0, 0.1) is 13.8 Å². The van der Waals surface area contributed by atoms with Crippen molar-refractivity contribution in [2.45, 2.75) is 20.3 Å². The van der Waals surface area contributed by atoms with E-state index in [9.17, 15) is 0 Å². The number of aromatic nitrogens is 1. The fourth-order valence-electron chi connectivity index (χ4n) is 2.33. The fourth-order valence-corrected chi connectivity index (χ4v) is 3.03. The number of anilines is 1. The second-order valence-corrected chi connectivity index (χ2v) is 6.01. The summed E-state index contributed by atoms with van der Waals surface area (Å²) in [7, 11) is 2.01. The van der Waals surface area contributed by atoms with Gasteiger partial charge in [0.05, 0.1) is 16.9 Å². The Morgan fingerprint density at radius 3 is 2.86 bits per heavy atom. The molecule has 21 heavy (non-hydrogen) atoms. The van der Waals surface area contributed by atoms with Crippen molar-refractivity contribution in [3.05, 3.63) is 45.4 Å². The molecule has 2 aromatic heterocycles. The molecule has 2 rings (SSSR count). The molecule has 5 nitrogen and oxygen atoms in total. The Balaban J connectivity index is 2.28. The van der Waals surface area contributed by atoms with E-state index in [4.69, 9.17) is 10.9 Å². The first-order valence-electron chi connectivity index (χ1n) is 6.72. The first-order chi connectivity index (χ1) is 10.0. The number of likely N-dealkylation sites (N-methyl/N-ethyl adjacent to an activating group) is 1. The summed E-state index contributed by atoms with van der Waals surface area (Å²) in [6.07, 6.45) is 0.962. The molecule has 0 aliphatic carbocycles. The fraction of sp³-hybridized carbons (Fsp3) is 0.333. The van der Waals surface area contributed by atoms with Gasteiger partial charge in [-0.05, 0) is 37.8 Å². The van der Waals surface area contributed by atoms with Crippen LogP contribution >= 0.6 is 11.3 Å². The summed E-state index contributed by atoms with van der Waals surface area (Å²) in [4.78, 5) is 7.86. The highest BCUT2D eigenvalue weighted by molar-refractivity contribution is 7.09. The quantitative estimate of drug-likeness (QED) is 0.385. The molecule has 6 heteroatoms. The molecule has 0 saturated heterocycles. The van der Waals surface area contributed by atoms with E-state index in [1.807, 2.05) is 27.0 Å². The molecule has 0 saturated carbocycles. The van der Waals surface area contributed by atoms with Crippen molar-refractivity contribution in [1.29, 1.82) is 0 Å². The van der Waals surface area contributed by atoms with Crippen molar-refractivity contribution in [2.75, 3.05) is 18.5 Å². The molecule has 2 aromatic rings. The van der Waals surface area contributed by atoms with Crippen molar-refractivity contribution < 1.29 is 5.21 Å². The zero-order chi connectivity index (χ0) is 15.4. The number of pyridine rings is 1. The van der Waals surface area contributed by atoms with Crippen LogP contribution in [0.2, 0.25) is 0 Å². The van der Waals surface area contributed by atoms with Gasteiger partial charge in [-0.3, -0.25) is 4.98 Å². The van der Waals surface area contributed by atoms with Gasteiger partial charge in [-0.15, -0.1) is 11.3 Å². The lowest BCUT2D eigenvalue weighted by molar-refractivity contribution is 0.318. The van der Waals surface area contributed by atoms with Gasteiger partial charge in [-0.25, -0.2) is 0 Å². The van der Waals surface area contributed by atoms with E-state index in [0.29, 0.717) is 5.56 Å². The summed E-state index contributed by atoms with van der Waals surface area (Å²) in [6, 6.07) is 6.16. The Morgan fingerprint density at radius 2 is 2.24 bits per heavy atom.